The van der Waals surface area contributed by atoms with Crippen molar-refractivity contribution in [2.45, 2.75) is 6.42 Å². The maximum atomic E-state index is 5.07. The zero-order valence-electron chi connectivity index (χ0n) is 4.69. The molecule has 0 atom stereocenters. The molecule has 9 heavy (non-hydrogen) atoms. The summed E-state index contributed by atoms with van der Waals surface area (Å²) < 4.78 is 0.945. The van der Waals surface area contributed by atoms with E-state index in [1.807, 2.05) is 0 Å². The van der Waals surface area contributed by atoms with E-state index in [0.717, 1.165) is 10.2 Å². The summed E-state index contributed by atoms with van der Waals surface area (Å²) >= 11 is 3.28. The highest BCUT2D eigenvalue weighted by molar-refractivity contribution is 9.10. The minimum atomic E-state index is 0.598. The molecule has 0 fully saturated rings. The summed E-state index contributed by atoms with van der Waals surface area (Å²) in [5.41, 5.74) is 0.956. The van der Waals surface area contributed by atoms with Gasteiger partial charge in [-0.15, -0.1) is 12.3 Å². The lowest BCUT2D eigenvalue weighted by atomic mass is 10.3. The molecule has 1 heterocycles. The molecule has 2 nitrogen and oxygen atoms in total. The Labute approximate surface area is 61.8 Å². The van der Waals surface area contributed by atoms with Gasteiger partial charge in [-0.3, -0.25) is 5.10 Å². The van der Waals surface area contributed by atoms with Crippen LogP contribution < -0.4 is 0 Å². The lowest BCUT2D eigenvalue weighted by molar-refractivity contribution is 1.02. The number of rotatable bonds is 1. The Balaban J connectivity index is 2.84. The average molecular weight is 185 g/mol. The second-order valence-corrected chi connectivity index (χ2v) is 2.43. The monoisotopic (exact) mass is 184 g/mol. The van der Waals surface area contributed by atoms with E-state index >= 15 is 0 Å². The van der Waals surface area contributed by atoms with Crippen LogP contribution in [0.1, 0.15) is 5.69 Å². The second kappa shape index (κ2) is 2.70. The smallest absolute Gasteiger partial charge is 0.0633 e. The quantitative estimate of drug-likeness (QED) is 0.657. The van der Waals surface area contributed by atoms with E-state index in [-0.39, 0.29) is 0 Å². The molecule has 0 radical (unpaired) electrons. The molecule has 46 valence electrons. The highest BCUT2D eigenvalue weighted by Gasteiger charge is 1.96. The molecular formula is C6H5BrN2. The van der Waals surface area contributed by atoms with Crippen molar-refractivity contribution in [2.75, 3.05) is 0 Å². The van der Waals surface area contributed by atoms with Gasteiger partial charge in [-0.2, -0.15) is 5.10 Å². The fourth-order valence-electron chi connectivity index (χ4n) is 0.524. The van der Waals surface area contributed by atoms with Gasteiger partial charge < -0.3 is 0 Å². The minimum Gasteiger partial charge on any atom is -0.280 e. The summed E-state index contributed by atoms with van der Waals surface area (Å²) in [6, 6.07) is 0. The van der Waals surface area contributed by atoms with E-state index in [2.05, 4.69) is 32.0 Å². The number of H-pyrrole nitrogens is 1. The first-order valence-electron chi connectivity index (χ1n) is 2.46. The van der Waals surface area contributed by atoms with Crippen molar-refractivity contribution in [3.05, 3.63) is 16.4 Å². The van der Waals surface area contributed by atoms with Crippen molar-refractivity contribution >= 4 is 15.9 Å². The zero-order valence-corrected chi connectivity index (χ0v) is 6.27. The van der Waals surface area contributed by atoms with Crippen LogP contribution in [0.25, 0.3) is 0 Å². The predicted molar refractivity (Wildman–Crippen MR) is 38.8 cm³/mol. The molecule has 0 aliphatic heterocycles. The number of terminal acetylenes is 1. The van der Waals surface area contributed by atoms with Crippen LogP contribution in [0.4, 0.5) is 0 Å². The van der Waals surface area contributed by atoms with Gasteiger partial charge in [0.05, 0.1) is 22.8 Å². The molecule has 1 rings (SSSR count). The second-order valence-electron chi connectivity index (χ2n) is 1.58. The molecule has 0 aliphatic rings. The Hall–Kier alpha value is -0.750. The van der Waals surface area contributed by atoms with Gasteiger partial charge in [-0.25, -0.2) is 0 Å². The van der Waals surface area contributed by atoms with Crippen molar-refractivity contribution in [1.82, 2.24) is 10.2 Å². The van der Waals surface area contributed by atoms with Gasteiger partial charge in [-0.1, -0.05) is 0 Å². The van der Waals surface area contributed by atoms with E-state index < -0.39 is 0 Å². The first-order valence-corrected chi connectivity index (χ1v) is 3.25. The van der Waals surface area contributed by atoms with Crippen LogP contribution in [0.15, 0.2) is 10.7 Å². The number of halogens is 1. The Kier molecular flexibility index (Phi) is 1.91. The van der Waals surface area contributed by atoms with Crippen LogP contribution in [0.2, 0.25) is 0 Å². The van der Waals surface area contributed by atoms with Gasteiger partial charge in [-0.05, 0) is 15.9 Å². The molecule has 1 N–H and O–H groups in total. The molecular weight excluding hydrogens is 180 g/mol. The molecule has 0 bridgehead atoms. The predicted octanol–water partition coefficient (Wildman–Crippen LogP) is 1.35. The van der Waals surface area contributed by atoms with Crippen LogP contribution in [-0.4, -0.2) is 10.2 Å². The summed E-state index contributed by atoms with van der Waals surface area (Å²) in [6.45, 7) is 0. The molecule has 3 heteroatoms. The molecule has 0 spiro atoms. The van der Waals surface area contributed by atoms with Crippen LogP contribution in [0, 0.1) is 12.3 Å². The third-order valence-electron chi connectivity index (χ3n) is 0.945. The normalized spacial score (nSPS) is 8.89. The van der Waals surface area contributed by atoms with Crippen molar-refractivity contribution in [1.29, 1.82) is 0 Å². The number of hydrogen-bond donors (Lipinski definition) is 1. The number of aromatic nitrogens is 2. The van der Waals surface area contributed by atoms with Crippen molar-refractivity contribution < 1.29 is 0 Å². The lowest BCUT2D eigenvalue weighted by Gasteiger charge is -1.85. The van der Waals surface area contributed by atoms with E-state index in [4.69, 9.17) is 6.42 Å². The van der Waals surface area contributed by atoms with Gasteiger partial charge in [0.25, 0.3) is 0 Å². The minimum absolute atomic E-state index is 0.598. The first kappa shape index (κ1) is 6.37. The number of nitrogens with zero attached hydrogens (tertiary/aromatic N) is 1. The molecule has 0 saturated heterocycles. The number of nitrogens with one attached hydrogen (secondary N) is 1. The Morgan fingerprint density at radius 3 is 3.11 bits per heavy atom. The number of hydrogen-bond acceptors (Lipinski definition) is 1. The molecule has 1 aromatic rings. The Bertz CT molecular complexity index is 233. The fourth-order valence-corrected chi connectivity index (χ4v) is 0.855. The Morgan fingerprint density at radius 2 is 2.67 bits per heavy atom. The lowest BCUT2D eigenvalue weighted by Crippen LogP contribution is -1.80. The fraction of sp³-hybridized carbons (Fsp3) is 0.167. The molecule has 0 saturated carbocycles. The standard InChI is InChI=1S/C6H5BrN2/c1-2-3-6-5(7)4-8-9-6/h1,4H,3H2,(H,8,9). The van der Waals surface area contributed by atoms with Crippen LogP contribution in [0.5, 0.6) is 0 Å². The summed E-state index contributed by atoms with van der Waals surface area (Å²) in [6.07, 6.45) is 7.35. The van der Waals surface area contributed by atoms with E-state index in [0.29, 0.717) is 6.42 Å². The molecule has 0 aliphatic carbocycles. The Morgan fingerprint density at radius 1 is 1.89 bits per heavy atom. The first-order chi connectivity index (χ1) is 4.34. The maximum Gasteiger partial charge on any atom is 0.0633 e. The van der Waals surface area contributed by atoms with Gasteiger partial charge in [0.15, 0.2) is 0 Å². The van der Waals surface area contributed by atoms with Gasteiger partial charge in [0, 0.05) is 0 Å². The number of aromatic amines is 1. The third kappa shape index (κ3) is 1.33. The molecule has 0 unspecified atom stereocenters. The van der Waals surface area contributed by atoms with Gasteiger partial charge in [0.2, 0.25) is 0 Å². The van der Waals surface area contributed by atoms with Gasteiger partial charge in [0.1, 0.15) is 0 Å². The van der Waals surface area contributed by atoms with E-state index in [1.165, 1.54) is 0 Å². The summed E-state index contributed by atoms with van der Waals surface area (Å²) in [7, 11) is 0. The van der Waals surface area contributed by atoms with Crippen LogP contribution in [0.3, 0.4) is 0 Å². The van der Waals surface area contributed by atoms with E-state index in [1.54, 1.807) is 6.20 Å². The van der Waals surface area contributed by atoms with Crippen molar-refractivity contribution in [3.63, 3.8) is 0 Å². The summed E-state index contributed by atoms with van der Waals surface area (Å²) in [5, 5.41) is 6.54. The van der Waals surface area contributed by atoms with Crippen molar-refractivity contribution in [2.24, 2.45) is 0 Å². The van der Waals surface area contributed by atoms with E-state index in [9.17, 15) is 0 Å². The summed E-state index contributed by atoms with van der Waals surface area (Å²) in [5.74, 6) is 2.51. The SMILES string of the molecule is C#CCc1[nH]ncc1Br. The average Bonchev–Trinajstić information content (AvgIpc) is 2.18. The highest BCUT2D eigenvalue weighted by Crippen LogP contribution is 2.11. The molecule has 0 aromatic carbocycles. The molecule has 1 aromatic heterocycles. The van der Waals surface area contributed by atoms with Crippen LogP contribution >= 0.6 is 15.9 Å². The highest BCUT2D eigenvalue weighted by atomic mass is 79.9. The maximum absolute atomic E-state index is 5.07. The zero-order chi connectivity index (χ0) is 6.69. The molecule has 0 amide bonds. The largest absolute Gasteiger partial charge is 0.280 e. The summed E-state index contributed by atoms with van der Waals surface area (Å²) in [4.78, 5) is 0. The van der Waals surface area contributed by atoms with Gasteiger partial charge >= 0.3 is 0 Å². The van der Waals surface area contributed by atoms with Crippen molar-refractivity contribution in [3.8, 4) is 12.3 Å². The topological polar surface area (TPSA) is 28.7 Å². The third-order valence-corrected chi connectivity index (χ3v) is 1.63. The van der Waals surface area contributed by atoms with Crippen LogP contribution in [-0.2, 0) is 6.42 Å².